The van der Waals surface area contributed by atoms with Gasteiger partial charge in [0.25, 0.3) is 0 Å². The van der Waals surface area contributed by atoms with E-state index in [0.717, 1.165) is 37.1 Å². The number of hydrogen-bond donors (Lipinski definition) is 1. The van der Waals surface area contributed by atoms with Gasteiger partial charge < -0.3 is 5.32 Å². The van der Waals surface area contributed by atoms with E-state index in [-0.39, 0.29) is 11.8 Å². The Morgan fingerprint density at radius 1 is 1.28 bits per heavy atom. The topological polar surface area (TPSA) is 42.0 Å². The van der Waals surface area contributed by atoms with Crippen LogP contribution in [0.2, 0.25) is 5.15 Å². The zero-order valence-electron chi connectivity index (χ0n) is 10.7. The van der Waals surface area contributed by atoms with Gasteiger partial charge in [-0.1, -0.05) is 37.3 Å². The number of carbonyl (C=O) groups excluding carboxylic acids is 1. The van der Waals surface area contributed by atoms with Crippen LogP contribution in [0.5, 0.6) is 0 Å². The summed E-state index contributed by atoms with van der Waals surface area (Å²) in [7, 11) is 0. The molecule has 1 N–H and O–H groups in total. The van der Waals surface area contributed by atoms with Crippen LogP contribution in [-0.4, -0.2) is 10.9 Å². The van der Waals surface area contributed by atoms with Gasteiger partial charge in [0, 0.05) is 5.92 Å². The minimum atomic E-state index is 0.129. The Balaban J connectivity index is 2.01. The minimum Gasteiger partial charge on any atom is -0.324 e. The Hall–Kier alpha value is -1.09. The minimum absolute atomic E-state index is 0.129. The van der Waals surface area contributed by atoms with Gasteiger partial charge in [0.2, 0.25) is 5.91 Å². The first-order chi connectivity index (χ1) is 8.66. The van der Waals surface area contributed by atoms with E-state index in [4.69, 9.17) is 11.6 Å². The molecule has 1 saturated carbocycles. The summed E-state index contributed by atoms with van der Waals surface area (Å²) in [5, 5.41) is 3.43. The number of rotatable bonds is 2. The highest BCUT2D eigenvalue weighted by Crippen LogP contribution is 2.25. The molecule has 1 aromatic heterocycles. The second-order valence-corrected chi connectivity index (χ2v) is 5.33. The van der Waals surface area contributed by atoms with Crippen molar-refractivity contribution in [3.05, 3.63) is 23.0 Å². The van der Waals surface area contributed by atoms with Gasteiger partial charge in [0.15, 0.2) is 0 Å². The molecule has 0 saturated heterocycles. The first kappa shape index (κ1) is 13.3. The molecule has 1 aliphatic rings. The van der Waals surface area contributed by atoms with E-state index in [2.05, 4.69) is 10.3 Å². The lowest BCUT2D eigenvalue weighted by atomic mass is 9.99. The van der Waals surface area contributed by atoms with Gasteiger partial charge in [-0.2, -0.15) is 0 Å². The van der Waals surface area contributed by atoms with Gasteiger partial charge in [0.1, 0.15) is 5.15 Å². The molecule has 0 atom stereocenters. The molecule has 4 heteroatoms. The van der Waals surface area contributed by atoms with Gasteiger partial charge in [-0.25, -0.2) is 4.98 Å². The zero-order valence-corrected chi connectivity index (χ0v) is 11.5. The molecule has 0 unspecified atom stereocenters. The Kier molecular flexibility index (Phi) is 4.59. The molecule has 0 spiro atoms. The lowest BCUT2D eigenvalue weighted by Gasteiger charge is -2.15. The van der Waals surface area contributed by atoms with Crippen molar-refractivity contribution in [2.75, 3.05) is 5.32 Å². The highest BCUT2D eigenvalue weighted by Gasteiger charge is 2.20. The third kappa shape index (κ3) is 3.45. The summed E-state index contributed by atoms with van der Waals surface area (Å²) in [6.45, 7) is 1.86. The van der Waals surface area contributed by atoms with Crippen molar-refractivity contribution < 1.29 is 4.79 Å². The molecule has 0 radical (unpaired) electrons. The van der Waals surface area contributed by atoms with Gasteiger partial charge in [-0.05, 0) is 31.9 Å². The molecule has 1 fully saturated rings. The molecule has 3 nitrogen and oxygen atoms in total. The SMILES string of the molecule is Cc1nc(Cl)ccc1NC(=O)C1CCCCCC1. The van der Waals surface area contributed by atoms with E-state index in [1.807, 2.05) is 13.0 Å². The van der Waals surface area contributed by atoms with E-state index in [1.165, 1.54) is 12.8 Å². The number of carbonyl (C=O) groups is 1. The Morgan fingerprint density at radius 2 is 1.94 bits per heavy atom. The van der Waals surface area contributed by atoms with E-state index >= 15 is 0 Å². The highest BCUT2D eigenvalue weighted by molar-refractivity contribution is 6.29. The second kappa shape index (κ2) is 6.19. The molecular formula is C14H19ClN2O. The number of halogens is 1. The largest absolute Gasteiger partial charge is 0.324 e. The average molecular weight is 267 g/mol. The third-order valence-corrected chi connectivity index (χ3v) is 3.75. The predicted octanol–water partition coefficient (Wildman–Crippen LogP) is 3.95. The maximum atomic E-state index is 12.2. The van der Waals surface area contributed by atoms with Crippen molar-refractivity contribution in [1.29, 1.82) is 0 Å². The maximum Gasteiger partial charge on any atom is 0.227 e. The van der Waals surface area contributed by atoms with Gasteiger partial charge in [-0.3, -0.25) is 4.79 Å². The van der Waals surface area contributed by atoms with Crippen molar-refractivity contribution in [1.82, 2.24) is 4.98 Å². The molecule has 1 heterocycles. The summed E-state index contributed by atoms with van der Waals surface area (Å²) < 4.78 is 0. The number of amides is 1. The quantitative estimate of drug-likeness (QED) is 0.650. The molecular weight excluding hydrogens is 248 g/mol. The lowest BCUT2D eigenvalue weighted by Crippen LogP contribution is -2.22. The molecule has 18 heavy (non-hydrogen) atoms. The number of aromatic nitrogens is 1. The summed E-state index contributed by atoms with van der Waals surface area (Å²) >= 11 is 5.80. The number of nitrogens with zero attached hydrogens (tertiary/aromatic N) is 1. The van der Waals surface area contributed by atoms with E-state index in [9.17, 15) is 4.79 Å². The normalized spacial score (nSPS) is 17.2. The van der Waals surface area contributed by atoms with Crippen LogP contribution in [0.3, 0.4) is 0 Å². The van der Waals surface area contributed by atoms with Crippen LogP contribution < -0.4 is 5.32 Å². The Morgan fingerprint density at radius 3 is 2.56 bits per heavy atom. The summed E-state index contributed by atoms with van der Waals surface area (Å²) in [4.78, 5) is 16.3. The number of anilines is 1. The molecule has 0 aliphatic heterocycles. The molecule has 1 amide bonds. The monoisotopic (exact) mass is 266 g/mol. The van der Waals surface area contributed by atoms with Crippen LogP contribution in [0.4, 0.5) is 5.69 Å². The van der Waals surface area contributed by atoms with E-state index in [0.29, 0.717) is 5.15 Å². The van der Waals surface area contributed by atoms with Crippen LogP contribution in [0, 0.1) is 12.8 Å². The fourth-order valence-electron chi connectivity index (χ4n) is 2.44. The van der Waals surface area contributed by atoms with Crippen molar-refractivity contribution >= 4 is 23.2 Å². The standard InChI is InChI=1S/C14H19ClN2O/c1-10-12(8-9-13(15)16-10)17-14(18)11-6-4-2-3-5-7-11/h8-9,11H,2-7H2,1H3,(H,17,18). The summed E-state index contributed by atoms with van der Waals surface area (Å²) in [6.07, 6.45) is 6.85. The predicted molar refractivity (Wildman–Crippen MR) is 73.8 cm³/mol. The highest BCUT2D eigenvalue weighted by atomic mass is 35.5. The Labute approximate surface area is 113 Å². The fourth-order valence-corrected chi connectivity index (χ4v) is 2.63. The van der Waals surface area contributed by atoms with Crippen molar-refractivity contribution in [2.45, 2.75) is 45.4 Å². The molecule has 2 rings (SSSR count). The maximum absolute atomic E-state index is 12.2. The van der Waals surface area contributed by atoms with Crippen molar-refractivity contribution in [3.8, 4) is 0 Å². The second-order valence-electron chi connectivity index (χ2n) is 4.94. The molecule has 1 aromatic rings. The van der Waals surface area contributed by atoms with Gasteiger partial charge >= 0.3 is 0 Å². The summed E-state index contributed by atoms with van der Waals surface area (Å²) in [5.41, 5.74) is 1.54. The molecule has 1 aliphatic carbocycles. The smallest absolute Gasteiger partial charge is 0.227 e. The summed E-state index contributed by atoms with van der Waals surface area (Å²) in [5.74, 6) is 0.284. The van der Waals surface area contributed by atoms with Crippen LogP contribution >= 0.6 is 11.6 Å². The molecule has 98 valence electrons. The molecule has 0 bridgehead atoms. The van der Waals surface area contributed by atoms with Crippen LogP contribution in [-0.2, 0) is 4.79 Å². The summed E-state index contributed by atoms with van der Waals surface area (Å²) in [6, 6.07) is 3.52. The number of nitrogens with one attached hydrogen (secondary N) is 1. The number of aryl methyl sites for hydroxylation is 1. The zero-order chi connectivity index (χ0) is 13.0. The van der Waals surface area contributed by atoms with Crippen LogP contribution in [0.15, 0.2) is 12.1 Å². The van der Waals surface area contributed by atoms with Crippen molar-refractivity contribution in [3.63, 3.8) is 0 Å². The molecule has 0 aromatic carbocycles. The number of pyridine rings is 1. The van der Waals surface area contributed by atoms with Crippen LogP contribution in [0.1, 0.15) is 44.2 Å². The van der Waals surface area contributed by atoms with Gasteiger partial charge in [0.05, 0.1) is 11.4 Å². The Bertz CT molecular complexity index is 426. The van der Waals surface area contributed by atoms with E-state index < -0.39 is 0 Å². The first-order valence-corrected chi connectivity index (χ1v) is 6.98. The first-order valence-electron chi connectivity index (χ1n) is 6.61. The number of hydrogen-bond acceptors (Lipinski definition) is 2. The third-order valence-electron chi connectivity index (χ3n) is 3.54. The fraction of sp³-hybridized carbons (Fsp3) is 0.571. The van der Waals surface area contributed by atoms with Crippen molar-refractivity contribution in [2.24, 2.45) is 5.92 Å². The van der Waals surface area contributed by atoms with E-state index in [1.54, 1.807) is 6.07 Å². The lowest BCUT2D eigenvalue weighted by molar-refractivity contribution is -0.120. The van der Waals surface area contributed by atoms with Crippen LogP contribution in [0.25, 0.3) is 0 Å². The van der Waals surface area contributed by atoms with Gasteiger partial charge in [-0.15, -0.1) is 0 Å². The average Bonchev–Trinajstić information content (AvgIpc) is 2.61.